The van der Waals surface area contributed by atoms with Gasteiger partial charge in [-0.15, -0.1) is 0 Å². The Morgan fingerprint density at radius 1 is 1.30 bits per heavy atom. The molecule has 5 heteroatoms. The third-order valence-corrected chi connectivity index (χ3v) is 4.40. The Kier molecular flexibility index (Phi) is 5.57. The van der Waals surface area contributed by atoms with Crippen molar-refractivity contribution in [2.24, 2.45) is 0 Å². The zero-order valence-electron chi connectivity index (χ0n) is 11.8. The Hall–Kier alpha value is -0.910. The Morgan fingerprint density at radius 2 is 1.95 bits per heavy atom. The number of aliphatic hydroxyl groups is 1. The normalized spacial score (nSPS) is 18.1. The molecule has 0 bridgehead atoms. The highest BCUT2D eigenvalue weighted by Gasteiger charge is 2.23. The Bertz CT molecular complexity index is 459. The smallest absolute Gasteiger partial charge is 0.255 e. The van der Waals surface area contributed by atoms with Crippen LogP contribution in [-0.4, -0.2) is 59.6 Å². The monoisotopic (exact) mass is 340 g/mol. The van der Waals surface area contributed by atoms with Gasteiger partial charge in [-0.3, -0.25) is 9.69 Å². The summed E-state index contributed by atoms with van der Waals surface area (Å²) in [5.41, 5.74) is 0.717. The lowest BCUT2D eigenvalue weighted by atomic mass is 10.1. The number of aliphatic hydroxyl groups excluding tert-OH is 1. The van der Waals surface area contributed by atoms with Gasteiger partial charge in [0, 0.05) is 37.2 Å². The number of β-amino-alcohol motifs (C(OH)–C–C–N with tert-alkyl or cyclic N) is 1. The second-order valence-corrected chi connectivity index (χ2v) is 5.99. The standard InChI is InChI=1S/C15H21BrN2O2/c1-2-12(19)11-17-7-9-18(10-8-17)15(20)13-5-3-4-6-14(13)16/h3-6,12,19H,2,7-11H2,1H3/t12-/m1/s1. The molecule has 1 amide bonds. The van der Waals surface area contributed by atoms with Gasteiger partial charge in [-0.2, -0.15) is 0 Å². The van der Waals surface area contributed by atoms with E-state index in [0.29, 0.717) is 6.54 Å². The summed E-state index contributed by atoms with van der Waals surface area (Å²) in [7, 11) is 0. The van der Waals surface area contributed by atoms with E-state index in [1.807, 2.05) is 36.1 Å². The van der Waals surface area contributed by atoms with Gasteiger partial charge in [0.25, 0.3) is 5.91 Å². The van der Waals surface area contributed by atoms with E-state index in [1.54, 1.807) is 0 Å². The molecule has 0 aromatic heterocycles. The molecule has 1 atom stereocenters. The predicted octanol–water partition coefficient (Wildman–Crippen LogP) is 1.98. The molecule has 0 aliphatic carbocycles. The first-order valence-electron chi connectivity index (χ1n) is 7.06. The molecule has 1 saturated heterocycles. The molecule has 0 saturated carbocycles. The molecular weight excluding hydrogens is 320 g/mol. The molecule has 0 unspecified atom stereocenters. The molecule has 0 spiro atoms. The molecule has 1 aromatic rings. The van der Waals surface area contributed by atoms with Crippen LogP contribution in [0.3, 0.4) is 0 Å². The molecule has 0 radical (unpaired) electrons. The van der Waals surface area contributed by atoms with Gasteiger partial charge in [0.1, 0.15) is 0 Å². The quantitative estimate of drug-likeness (QED) is 0.911. The van der Waals surface area contributed by atoms with Crippen LogP contribution in [-0.2, 0) is 0 Å². The lowest BCUT2D eigenvalue weighted by molar-refractivity contribution is 0.0523. The van der Waals surface area contributed by atoms with E-state index < -0.39 is 0 Å². The van der Waals surface area contributed by atoms with Crippen LogP contribution >= 0.6 is 15.9 Å². The Labute approximate surface area is 128 Å². The van der Waals surface area contributed by atoms with E-state index in [0.717, 1.165) is 42.6 Å². The average molecular weight is 341 g/mol. The van der Waals surface area contributed by atoms with Gasteiger partial charge in [-0.25, -0.2) is 0 Å². The van der Waals surface area contributed by atoms with Crippen LogP contribution in [0.25, 0.3) is 0 Å². The highest BCUT2D eigenvalue weighted by Crippen LogP contribution is 2.18. The number of hydrogen-bond acceptors (Lipinski definition) is 3. The number of benzene rings is 1. The summed E-state index contributed by atoms with van der Waals surface area (Å²) in [5, 5.41) is 9.67. The van der Waals surface area contributed by atoms with Gasteiger partial charge < -0.3 is 10.0 Å². The first kappa shape index (κ1) is 15.5. The number of halogens is 1. The number of hydrogen-bond donors (Lipinski definition) is 1. The fourth-order valence-corrected chi connectivity index (χ4v) is 2.82. The minimum absolute atomic E-state index is 0.0770. The van der Waals surface area contributed by atoms with E-state index in [1.165, 1.54) is 0 Å². The highest BCUT2D eigenvalue weighted by molar-refractivity contribution is 9.10. The zero-order chi connectivity index (χ0) is 14.5. The second-order valence-electron chi connectivity index (χ2n) is 5.13. The van der Waals surface area contributed by atoms with Crippen LogP contribution in [0.1, 0.15) is 23.7 Å². The second kappa shape index (κ2) is 7.20. The zero-order valence-corrected chi connectivity index (χ0v) is 13.3. The van der Waals surface area contributed by atoms with E-state index in [4.69, 9.17) is 0 Å². The van der Waals surface area contributed by atoms with Crippen LogP contribution in [0.2, 0.25) is 0 Å². The lowest BCUT2D eigenvalue weighted by Gasteiger charge is -2.35. The molecule has 110 valence electrons. The number of rotatable bonds is 4. The summed E-state index contributed by atoms with van der Waals surface area (Å²) in [6.45, 7) is 5.78. The molecule has 4 nitrogen and oxygen atoms in total. The molecule has 1 aliphatic rings. The molecule has 1 N–H and O–H groups in total. The maximum Gasteiger partial charge on any atom is 0.255 e. The number of nitrogens with zero attached hydrogens (tertiary/aromatic N) is 2. The number of carbonyl (C=O) groups is 1. The minimum atomic E-state index is -0.263. The Morgan fingerprint density at radius 3 is 2.55 bits per heavy atom. The van der Waals surface area contributed by atoms with E-state index in [2.05, 4.69) is 20.8 Å². The fraction of sp³-hybridized carbons (Fsp3) is 0.533. The van der Waals surface area contributed by atoms with Crippen molar-refractivity contribution in [3.63, 3.8) is 0 Å². The topological polar surface area (TPSA) is 43.8 Å². The highest BCUT2D eigenvalue weighted by atomic mass is 79.9. The van der Waals surface area contributed by atoms with Crippen molar-refractivity contribution in [1.29, 1.82) is 0 Å². The van der Waals surface area contributed by atoms with Crippen molar-refractivity contribution in [1.82, 2.24) is 9.80 Å². The largest absolute Gasteiger partial charge is 0.392 e. The maximum absolute atomic E-state index is 12.4. The van der Waals surface area contributed by atoms with Crippen molar-refractivity contribution in [2.75, 3.05) is 32.7 Å². The van der Waals surface area contributed by atoms with Crippen LogP contribution in [0.4, 0.5) is 0 Å². The Balaban J connectivity index is 1.91. The van der Waals surface area contributed by atoms with Crippen LogP contribution in [0.5, 0.6) is 0 Å². The predicted molar refractivity (Wildman–Crippen MR) is 82.8 cm³/mol. The number of piperazine rings is 1. The molecule has 2 rings (SSSR count). The van der Waals surface area contributed by atoms with E-state index >= 15 is 0 Å². The summed E-state index contributed by atoms with van der Waals surface area (Å²) in [6.07, 6.45) is 0.511. The van der Waals surface area contributed by atoms with Gasteiger partial charge >= 0.3 is 0 Å². The third kappa shape index (κ3) is 3.81. The molecule has 1 aliphatic heterocycles. The summed E-state index contributed by atoms with van der Waals surface area (Å²) >= 11 is 3.43. The third-order valence-electron chi connectivity index (χ3n) is 3.70. The lowest BCUT2D eigenvalue weighted by Crippen LogP contribution is -2.50. The molecule has 20 heavy (non-hydrogen) atoms. The number of amides is 1. The van der Waals surface area contributed by atoms with Crippen molar-refractivity contribution < 1.29 is 9.90 Å². The minimum Gasteiger partial charge on any atom is -0.392 e. The van der Waals surface area contributed by atoms with Crippen molar-refractivity contribution in [3.05, 3.63) is 34.3 Å². The van der Waals surface area contributed by atoms with Crippen LogP contribution in [0, 0.1) is 0 Å². The molecule has 1 aromatic carbocycles. The van der Waals surface area contributed by atoms with Gasteiger partial charge in [0.15, 0.2) is 0 Å². The number of carbonyl (C=O) groups excluding carboxylic acids is 1. The SMILES string of the molecule is CC[C@@H](O)CN1CCN(C(=O)c2ccccc2Br)CC1. The fourth-order valence-electron chi connectivity index (χ4n) is 2.37. The summed E-state index contributed by atoms with van der Waals surface area (Å²) in [6, 6.07) is 7.53. The van der Waals surface area contributed by atoms with Gasteiger partial charge in [0.05, 0.1) is 11.7 Å². The first-order valence-corrected chi connectivity index (χ1v) is 7.85. The molecule has 1 fully saturated rings. The molecular formula is C15H21BrN2O2. The molecule has 1 heterocycles. The van der Waals surface area contributed by atoms with Crippen LogP contribution in [0.15, 0.2) is 28.7 Å². The van der Waals surface area contributed by atoms with E-state index in [-0.39, 0.29) is 12.0 Å². The van der Waals surface area contributed by atoms with E-state index in [9.17, 15) is 9.90 Å². The van der Waals surface area contributed by atoms with Crippen molar-refractivity contribution in [2.45, 2.75) is 19.4 Å². The summed E-state index contributed by atoms with van der Waals surface area (Å²) in [4.78, 5) is 16.5. The summed E-state index contributed by atoms with van der Waals surface area (Å²) in [5.74, 6) is 0.0770. The summed E-state index contributed by atoms with van der Waals surface area (Å²) < 4.78 is 0.842. The maximum atomic E-state index is 12.4. The van der Waals surface area contributed by atoms with Gasteiger partial charge in [0.2, 0.25) is 0 Å². The van der Waals surface area contributed by atoms with Crippen molar-refractivity contribution >= 4 is 21.8 Å². The van der Waals surface area contributed by atoms with Crippen LogP contribution < -0.4 is 0 Å². The van der Waals surface area contributed by atoms with Crippen molar-refractivity contribution in [3.8, 4) is 0 Å². The van der Waals surface area contributed by atoms with Gasteiger partial charge in [-0.05, 0) is 34.5 Å². The van der Waals surface area contributed by atoms with Gasteiger partial charge in [-0.1, -0.05) is 19.1 Å². The first-order chi connectivity index (χ1) is 9.61. The average Bonchev–Trinajstić information content (AvgIpc) is 2.47.